The molecule has 1 atom stereocenters. The molecule has 0 spiro atoms. The predicted molar refractivity (Wildman–Crippen MR) is 161 cm³/mol. The second kappa shape index (κ2) is 18.0. The zero-order valence-electron chi connectivity index (χ0n) is 25.2. The Kier molecular flexibility index (Phi) is 14.5. The number of esters is 1. The number of benzene rings is 2. The second-order valence-corrected chi connectivity index (χ2v) is 10.7. The summed E-state index contributed by atoms with van der Waals surface area (Å²) in [7, 11) is 0. The number of rotatable bonds is 11. The van der Waals surface area contributed by atoms with Crippen LogP contribution in [0.25, 0.3) is 0 Å². The quantitative estimate of drug-likeness (QED) is 0.223. The molecular weight excluding hydrogens is 556 g/mol. The maximum Gasteiger partial charge on any atom is 0.408 e. The second-order valence-electron chi connectivity index (χ2n) is 10.7. The van der Waals surface area contributed by atoms with E-state index in [0.29, 0.717) is 37.7 Å². The molecule has 0 aromatic heterocycles. The van der Waals surface area contributed by atoms with Gasteiger partial charge in [-0.1, -0.05) is 42.5 Å². The van der Waals surface area contributed by atoms with Crippen molar-refractivity contribution in [2.24, 2.45) is 4.99 Å². The molecule has 1 aliphatic heterocycles. The zero-order chi connectivity index (χ0) is 31.7. The molecule has 3 rings (SSSR count). The van der Waals surface area contributed by atoms with E-state index in [1.54, 1.807) is 32.9 Å². The molecular formula is C31H42N4O8. The Morgan fingerprint density at radius 2 is 1.70 bits per heavy atom. The Hall–Kier alpha value is -4.61. The highest BCUT2D eigenvalue weighted by Crippen LogP contribution is 2.16. The molecule has 0 fully saturated rings. The Balaban J connectivity index is 0.00000151. The summed E-state index contributed by atoms with van der Waals surface area (Å²) >= 11 is 0. The predicted octanol–water partition coefficient (Wildman–Crippen LogP) is 3.58. The molecule has 0 bridgehead atoms. The minimum Gasteiger partial charge on any atom is -0.494 e. The van der Waals surface area contributed by atoms with Gasteiger partial charge < -0.3 is 30.0 Å². The van der Waals surface area contributed by atoms with Gasteiger partial charge in [-0.05, 0) is 56.9 Å². The number of nitrogens with zero attached hydrogens (tertiary/aromatic N) is 1. The summed E-state index contributed by atoms with van der Waals surface area (Å²) < 4.78 is 16.6. The van der Waals surface area contributed by atoms with Crippen LogP contribution >= 0.6 is 0 Å². The van der Waals surface area contributed by atoms with Gasteiger partial charge in [-0.25, -0.2) is 9.59 Å². The number of guanidine groups is 1. The monoisotopic (exact) mass is 598 g/mol. The number of hydrogen-bond donors (Lipinski definition) is 4. The highest BCUT2D eigenvalue weighted by atomic mass is 16.6. The lowest BCUT2D eigenvalue weighted by Crippen LogP contribution is -2.45. The first-order valence-corrected chi connectivity index (χ1v) is 14.1. The average molecular weight is 599 g/mol. The standard InChI is InChI=1S/C29H38N4O6.C2H4O2/c1-29(2,3)39-26(35)24(32-28(36)38-20-22-9-5-4-6-10-22)19-21-12-14-23(15-13-21)37-18-7-11-25(34)33-27-30-16-8-17-31-27;1-2(3)4/h4-6,9-10,12-15,24H,7-8,11,16-20H2,1-3H3,(H,32,36)(H2,30,31,33,34);1H3,(H,3,4)/t24-;/m0./s1. The Morgan fingerprint density at radius 3 is 2.30 bits per heavy atom. The first kappa shape index (κ1) is 34.6. The highest BCUT2D eigenvalue weighted by molar-refractivity contribution is 5.97. The average Bonchev–Trinajstić information content (AvgIpc) is 2.94. The normalized spacial score (nSPS) is 13.1. The molecule has 0 unspecified atom stereocenters. The minimum atomic E-state index is -0.930. The summed E-state index contributed by atoms with van der Waals surface area (Å²) in [6.45, 7) is 8.39. The largest absolute Gasteiger partial charge is 0.494 e. The third kappa shape index (κ3) is 15.8. The number of aliphatic imine (C=N–C) groups is 1. The van der Waals surface area contributed by atoms with Gasteiger partial charge in [-0.15, -0.1) is 0 Å². The van der Waals surface area contributed by atoms with Crippen LogP contribution < -0.4 is 20.7 Å². The molecule has 0 saturated carbocycles. The van der Waals surface area contributed by atoms with Gasteiger partial charge in [0.25, 0.3) is 5.97 Å². The van der Waals surface area contributed by atoms with E-state index in [9.17, 15) is 14.4 Å². The third-order valence-corrected chi connectivity index (χ3v) is 5.53. The highest BCUT2D eigenvalue weighted by Gasteiger charge is 2.27. The molecule has 1 aliphatic rings. The van der Waals surface area contributed by atoms with Crippen molar-refractivity contribution >= 4 is 29.9 Å². The SMILES string of the molecule is CC(=O)O.CC(C)(C)OC(=O)[C@H](Cc1ccc(OCCCC(=O)NC2=NCCCN2)cc1)NC(=O)OCc1ccccc1. The van der Waals surface area contributed by atoms with Crippen molar-refractivity contribution in [1.82, 2.24) is 16.0 Å². The van der Waals surface area contributed by atoms with Gasteiger partial charge in [-0.3, -0.25) is 19.9 Å². The first-order chi connectivity index (χ1) is 20.4. The summed E-state index contributed by atoms with van der Waals surface area (Å²) in [5.74, 6) is -0.315. The van der Waals surface area contributed by atoms with Crippen LogP contribution in [0, 0.1) is 0 Å². The lowest BCUT2D eigenvalue weighted by atomic mass is 10.1. The van der Waals surface area contributed by atoms with Crippen LogP contribution in [-0.4, -0.2) is 66.3 Å². The molecule has 1 heterocycles. The van der Waals surface area contributed by atoms with Crippen molar-refractivity contribution in [3.05, 3.63) is 65.7 Å². The first-order valence-electron chi connectivity index (χ1n) is 14.1. The Labute approximate surface area is 252 Å². The molecule has 12 nitrogen and oxygen atoms in total. The number of aliphatic carboxylic acids is 1. The Bertz CT molecular complexity index is 1210. The van der Waals surface area contributed by atoms with E-state index in [0.717, 1.165) is 31.0 Å². The molecule has 4 N–H and O–H groups in total. The lowest BCUT2D eigenvalue weighted by molar-refractivity contribution is -0.157. The third-order valence-electron chi connectivity index (χ3n) is 5.53. The van der Waals surface area contributed by atoms with Crippen LogP contribution in [0.15, 0.2) is 59.6 Å². The van der Waals surface area contributed by atoms with Crippen LogP contribution in [0.1, 0.15) is 58.1 Å². The van der Waals surface area contributed by atoms with E-state index in [1.165, 1.54) is 0 Å². The van der Waals surface area contributed by atoms with Crippen LogP contribution in [0.2, 0.25) is 0 Å². The van der Waals surface area contributed by atoms with Crippen LogP contribution in [0.4, 0.5) is 4.79 Å². The van der Waals surface area contributed by atoms with E-state index in [1.807, 2.05) is 42.5 Å². The van der Waals surface area contributed by atoms with Crippen molar-refractivity contribution in [2.75, 3.05) is 19.7 Å². The molecule has 12 heteroatoms. The van der Waals surface area contributed by atoms with Crippen molar-refractivity contribution in [1.29, 1.82) is 0 Å². The number of nitrogens with one attached hydrogen (secondary N) is 3. The van der Waals surface area contributed by atoms with Gasteiger partial charge in [0.05, 0.1) is 6.61 Å². The van der Waals surface area contributed by atoms with E-state index in [-0.39, 0.29) is 18.9 Å². The van der Waals surface area contributed by atoms with Gasteiger partial charge in [0.15, 0.2) is 5.96 Å². The Morgan fingerprint density at radius 1 is 1.02 bits per heavy atom. The molecule has 0 saturated heterocycles. The van der Waals surface area contributed by atoms with E-state index < -0.39 is 29.7 Å². The van der Waals surface area contributed by atoms with Gasteiger partial charge in [-0.2, -0.15) is 0 Å². The molecule has 2 aromatic carbocycles. The van der Waals surface area contributed by atoms with E-state index >= 15 is 0 Å². The summed E-state index contributed by atoms with van der Waals surface area (Å²) in [6.07, 6.45) is 1.35. The fraction of sp³-hybridized carbons (Fsp3) is 0.452. The number of carbonyl (C=O) groups excluding carboxylic acids is 3. The van der Waals surface area contributed by atoms with Crippen LogP contribution in [-0.2, 0) is 36.9 Å². The summed E-state index contributed by atoms with van der Waals surface area (Å²) in [5.41, 5.74) is 0.940. The van der Waals surface area contributed by atoms with Gasteiger partial charge in [0, 0.05) is 32.9 Å². The topological polar surface area (TPSA) is 165 Å². The van der Waals surface area contributed by atoms with Crippen molar-refractivity contribution in [3.63, 3.8) is 0 Å². The molecule has 0 radical (unpaired) electrons. The number of alkyl carbamates (subject to hydrolysis) is 1. The van der Waals surface area contributed by atoms with Crippen LogP contribution in [0.3, 0.4) is 0 Å². The van der Waals surface area contributed by atoms with Crippen molar-refractivity contribution in [3.8, 4) is 5.75 Å². The zero-order valence-corrected chi connectivity index (χ0v) is 25.2. The maximum absolute atomic E-state index is 12.8. The van der Waals surface area contributed by atoms with Crippen molar-refractivity contribution < 1.29 is 38.5 Å². The molecule has 2 amide bonds. The van der Waals surface area contributed by atoms with Crippen molar-refractivity contribution in [2.45, 2.75) is 71.6 Å². The number of hydrogen-bond acceptors (Lipinski definition) is 9. The number of carboxylic acid groups (broad SMARTS) is 1. The summed E-state index contributed by atoms with van der Waals surface area (Å²) in [4.78, 5) is 50.5. The summed E-state index contributed by atoms with van der Waals surface area (Å²) in [5, 5.41) is 15.9. The molecule has 234 valence electrons. The fourth-order valence-electron chi connectivity index (χ4n) is 3.66. The smallest absolute Gasteiger partial charge is 0.408 e. The van der Waals surface area contributed by atoms with E-state index in [2.05, 4.69) is 20.9 Å². The number of carbonyl (C=O) groups is 4. The number of ether oxygens (including phenoxy) is 3. The number of carboxylic acids is 1. The van der Waals surface area contributed by atoms with Gasteiger partial charge in [0.2, 0.25) is 5.91 Å². The fourth-order valence-corrected chi connectivity index (χ4v) is 3.66. The van der Waals surface area contributed by atoms with E-state index in [4.69, 9.17) is 24.1 Å². The minimum absolute atomic E-state index is 0.0903. The molecule has 43 heavy (non-hydrogen) atoms. The number of amides is 2. The maximum atomic E-state index is 12.8. The van der Waals surface area contributed by atoms with Crippen LogP contribution in [0.5, 0.6) is 5.75 Å². The van der Waals surface area contributed by atoms with Gasteiger partial charge >= 0.3 is 12.1 Å². The molecule has 2 aromatic rings. The van der Waals surface area contributed by atoms with Gasteiger partial charge in [0.1, 0.15) is 24.0 Å². The summed E-state index contributed by atoms with van der Waals surface area (Å²) in [6, 6.07) is 15.6. The lowest BCUT2D eigenvalue weighted by Gasteiger charge is -2.24. The molecule has 0 aliphatic carbocycles.